The summed E-state index contributed by atoms with van der Waals surface area (Å²) in [5, 5.41) is 13.5. The van der Waals surface area contributed by atoms with Gasteiger partial charge in [0.25, 0.3) is 6.43 Å². The molecule has 0 aliphatic carbocycles. The van der Waals surface area contributed by atoms with Crippen LogP contribution in [0.5, 0.6) is 0 Å². The number of nitrogens with zero attached hydrogens (tertiary/aromatic N) is 2. The molecule has 1 rings (SSSR count). The molecule has 0 bridgehead atoms. The van der Waals surface area contributed by atoms with Crippen molar-refractivity contribution in [2.24, 2.45) is 5.14 Å². The summed E-state index contributed by atoms with van der Waals surface area (Å²) < 4.78 is 47.4. The van der Waals surface area contributed by atoms with Crippen LogP contribution >= 0.6 is 22.6 Å². The van der Waals surface area contributed by atoms with Gasteiger partial charge in [-0.2, -0.15) is 5.26 Å². The predicted octanol–water partition coefficient (Wildman–Crippen LogP) is 1.14. The number of halogens is 3. The SMILES string of the molecule is N#Cc1c(I)ncc(C(F)F)c1S(N)(=O)=O. The molecular weight excluding hydrogens is 355 g/mol. The Labute approximate surface area is 103 Å². The minimum absolute atomic E-state index is 0.00789. The van der Waals surface area contributed by atoms with E-state index in [0.717, 1.165) is 0 Å². The number of sulfonamides is 1. The Balaban J connectivity index is 3.77. The predicted molar refractivity (Wildman–Crippen MR) is 58.0 cm³/mol. The molecule has 86 valence electrons. The molecule has 0 unspecified atom stereocenters. The standard InChI is InChI=1S/C7H4F2IN3O2S/c8-6(9)4-2-13-7(10)3(1-11)5(4)16(12,14)15/h2,6H,(H2,12,14,15). The van der Waals surface area contributed by atoms with Crippen LogP contribution in [0.2, 0.25) is 0 Å². The molecule has 2 N–H and O–H groups in total. The van der Waals surface area contributed by atoms with Crippen LogP contribution in [-0.4, -0.2) is 13.4 Å². The highest BCUT2D eigenvalue weighted by Gasteiger charge is 2.26. The number of hydrogen-bond donors (Lipinski definition) is 1. The molecular formula is C7H4F2IN3O2S. The largest absolute Gasteiger partial charge is 0.266 e. The van der Waals surface area contributed by atoms with E-state index >= 15 is 0 Å². The van der Waals surface area contributed by atoms with Crippen LogP contribution in [0.3, 0.4) is 0 Å². The van der Waals surface area contributed by atoms with Crippen LogP contribution in [0.25, 0.3) is 0 Å². The van der Waals surface area contributed by atoms with Gasteiger partial charge in [0.15, 0.2) is 0 Å². The van der Waals surface area contributed by atoms with Gasteiger partial charge in [-0.15, -0.1) is 0 Å². The maximum absolute atomic E-state index is 12.5. The van der Waals surface area contributed by atoms with Gasteiger partial charge < -0.3 is 0 Å². The zero-order chi connectivity index (χ0) is 12.5. The number of aromatic nitrogens is 1. The highest BCUT2D eigenvalue weighted by molar-refractivity contribution is 14.1. The van der Waals surface area contributed by atoms with Gasteiger partial charge in [0.1, 0.15) is 20.2 Å². The third-order valence-electron chi connectivity index (χ3n) is 1.64. The maximum Gasteiger partial charge on any atom is 0.266 e. The monoisotopic (exact) mass is 359 g/mol. The molecule has 0 saturated carbocycles. The van der Waals surface area contributed by atoms with E-state index < -0.39 is 32.5 Å². The van der Waals surface area contributed by atoms with Gasteiger partial charge in [-0.3, -0.25) is 0 Å². The Hall–Kier alpha value is -0.860. The van der Waals surface area contributed by atoms with Crippen molar-refractivity contribution in [1.82, 2.24) is 4.98 Å². The first-order valence-electron chi connectivity index (χ1n) is 3.68. The van der Waals surface area contributed by atoms with Crippen LogP contribution in [0.1, 0.15) is 17.6 Å². The molecule has 0 aromatic carbocycles. The molecule has 0 radical (unpaired) electrons. The molecule has 0 amide bonds. The summed E-state index contributed by atoms with van der Waals surface area (Å²) in [6.45, 7) is 0. The van der Waals surface area contributed by atoms with Crippen LogP contribution in [0, 0.1) is 15.0 Å². The topological polar surface area (TPSA) is 96.8 Å². The molecule has 9 heteroatoms. The Morgan fingerprint density at radius 1 is 1.56 bits per heavy atom. The van der Waals surface area contributed by atoms with Crippen molar-refractivity contribution >= 4 is 32.6 Å². The number of alkyl halides is 2. The summed E-state index contributed by atoms with van der Waals surface area (Å²) in [6, 6.07) is 1.50. The molecule has 0 aliphatic rings. The van der Waals surface area contributed by atoms with Gasteiger partial charge in [-0.1, -0.05) is 0 Å². The second kappa shape index (κ2) is 4.56. The highest BCUT2D eigenvalue weighted by atomic mass is 127. The first-order chi connectivity index (χ1) is 7.29. The summed E-state index contributed by atoms with van der Waals surface area (Å²) in [5.74, 6) is 0. The van der Waals surface area contributed by atoms with Gasteiger partial charge in [-0.25, -0.2) is 27.3 Å². The molecule has 0 spiro atoms. The molecule has 1 heterocycles. The summed E-state index contributed by atoms with van der Waals surface area (Å²) in [5.41, 5.74) is -1.32. The van der Waals surface area contributed by atoms with E-state index in [4.69, 9.17) is 10.4 Å². The molecule has 0 aliphatic heterocycles. The van der Waals surface area contributed by atoms with Crippen molar-refractivity contribution in [2.45, 2.75) is 11.3 Å². The second-order valence-corrected chi connectivity index (χ2v) is 5.19. The number of nitriles is 1. The smallest absolute Gasteiger partial charge is 0.248 e. The third kappa shape index (κ3) is 2.45. The minimum Gasteiger partial charge on any atom is -0.248 e. The molecule has 0 saturated heterocycles. The summed E-state index contributed by atoms with van der Waals surface area (Å²) in [7, 11) is -4.39. The van der Waals surface area contributed by atoms with Crippen LogP contribution in [0.4, 0.5) is 8.78 Å². The molecule has 16 heavy (non-hydrogen) atoms. The van der Waals surface area contributed by atoms with Gasteiger partial charge in [0, 0.05) is 6.20 Å². The average molecular weight is 359 g/mol. The van der Waals surface area contributed by atoms with E-state index in [1.165, 1.54) is 6.07 Å². The van der Waals surface area contributed by atoms with E-state index in [-0.39, 0.29) is 3.70 Å². The fourth-order valence-corrected chi connectivity index (χ4v) is 2.66. The van der Waals surface area contributed by atoms with Gasteiger partial charge in [0.2, 0.25) is 10.0 Å². The number of pyridine rings is 1. The van der Waals surface area contributed by atoms with Crippen molar-refractivity contribution in [1.29, 1.82) is 5.26 Å². The zero-order valence-corrected chi connectivity index (χ0v) is 10.5. The lowest BCUT2D eigenvalue weighted by molar-refractivity contribution is 0.147. The molecule has 0 atom stereocenters. The zero-order valence-electron chi connectivity index (χ0n) is 7.49. The van der Waals surface area contributed by atoms with Gasteiger partial charge in [-0.05, 0) is 22.6 Å². The van der Waals surface area contributed by atoms with Crippen molar-refractivity contribution in [3.63, 3.8) is 0 Å². The van der Waals surface area contributed by atoms with E-state index in [1.54, 1.807) is 22.6 Å². The fraction of sp³-hybridized carbons (Fsp3) is 0.143. The summed E-state index contributed by atoms with van der Waals surface area (Å²) in [4.78, 5) is 2.65. The molecule has 1 aromatic heterocycles. The lowest BCUT2D eigenvalue weighted by Crippen LogP contribution is -2.18. The maximum atomic E-state index is 12.5. The summed E-state index contributed by atoms with van der Waals surface area (Å²) >= 11 is 1.57. The van der Waals surface area contributed by atoms with Crippen molar-refractivity contribution in [2.75, 3.05) is 0 Å². The van der Waals surface area contributed by atoms with Crippen molar-refractivity contribution < 1.29 is 17.2 Å². The van der Waals surface area contributed by atoms with E-state index in [2.05, 4.69) is 4.98 Å². The Bertz CT molecular complexity index is 568. The number of primary sulfonamides is 1. The average Bonchev–Trinajstić information content (AvgIpc) is 2.15. The van der Waals surface area contributed by atoms with Crippen molar-refractivity contribution in [3.05, 3.63) is 21.0 Å². The summed E-state index contributed by atoms with van der Waals surface area (Å²) in [6.07, 6.45) is -2.36. The third-order valence-corrected chi connectivity index (χ3v) is 3.47. The first kappa shape index (κ1) is 13.2. The van der Waals surface area contributed by atoms with Gasteiger partial charge in [0.05, 0.1) is 5.56 Å². The number of rotatable bonds is 2. The van der Waals surface area contributed by atoms with Crippen LogP contribution < -0.4 is 5.14 Å². The van der Waals surface area contributed by atoms with E-state index in [0.29, 0.717) is 6.20 Å². The Kier molecular flexibility index (Phi) is 3.76. The fourth-order valence-electron chi connectivity index (χ4n) is 1.05. The van der Waals surface area contributed by atoms with Crippen LogP contribution in [0.15, 0.2) is 11.1 Å². The van der Waals surface area contributed by atoms with Crippen LogP contribution in [-0.2, 0) is 10.0 Å². The number of hydrogen-bond acceptors (Lipinski definition) is 4. The quantitative estimate of drug-likeness (QED) is 0.633. The molecule has 0 fully saturated rings. The number of nitrogens with two attached hydrogens (primary N) is 1. The Morgan fingerprint density at radius 3 is 2.50 bits per heavy atom. The normalized spacial score (nSPS) is 11.5. The first-order valence-corrected chi connectivity index (χ1v) is 6.31. The minimum atomic E-state index is -4.39. The van der Waals surface area contributed by atoms with Crippen molar-refractivity contribution in [3.8, 4) is 6.07 Å². The van der Waals surface area contributed by atoms with E-state index in [9.17, 15) is 17.2 Å². The lowest BCUT2D eigenvalue weighted by atomic mass is 10.2. The molecule has 1 aromatic rings. The Morgan fingerprint density at radius 2 is 2.12 bits per heavy atom. The van der Waals surface area contributed by atoms with Gasteiger partial charge >= 0.3 is 0 Å². The van der Waals surface area contributed by atoms with E-state index in [1.807, 2.05) is 0 Å². The lowest BCUT2D eigenvalue weighted by Gasteiger charge is -2.08. The second-order valence-electron chi connectivity index (χ2n) is 2.67. The molecule has 5 nitrogen and oxygen atoms in total. The highest BCUT2D eigenvalue weighted by Crippen LogP contribution is 2.29.